The van der Waals surface area contributed by atoms with Crippen LogP contribution >= 0.6 is 0 Å². The third kappa shape index (κ3) is 1.84. The molecule has 0 fully saturated rings. The van der Waals surface area contributed by atoms with Crippen LogP contribution in [0.3, 0.4) is 0 Å². The fourth-order valence-electron chi connectivity index (χ4n) is 0.632. The maximum atomic E-state index is 3.94. The molecule has 0 aliphatic heterocycles. The van der Waals surface area contributed by atoms with Gasteiger partial charge in [0, 0.05) is 25.1 Å². The van der Waals surface area contributed by atoms with Crippen LogP contribution in [0.1, 0.15) is 12.7 Å². The Morgan fingerprint density at radius 3 is 2.56 bits per heavy atom. The molecule has 1 aromatic heterocycles. The monoisotopic (exact) mass is 162 g/mol. The van der Waals surface area contributed by atoms with Crippen LogP contribution in [0.15, 0.2) is 6.33 Å². The van der Waals surface area contributed by atoms with Gasteiger partial charge in [0.2, 0.25) is 0 Å². The van der Waals surface area contributed by atoms with E-state index in [0.717, 1.165) is 12.4 Å². The van der Waals surface area contributed by atoms with Crippen LogP contribution in [-0.2, 0) is 25.1 Å². The van der Waals surface area contributed by atoms with Gasteiger partial charge in [-0.2, -0.15) is 5.10 Å². The molecule has 0 spiro atoms. The second-order valence-electron chi connectivity index (χ2n) is 1.62. The van der Waals surface area contributed by atoms with Gasteiger partial charge in [-0.3, -0.25) is 4.68 Å². The Morgan fingerprint density at radius 1 is 1.67 bits per heavy atom. The second-order valence-corrected chi connectivity index (χ2v) is 1.62. The molecule has 0 saturated heterocycles. The molecular formula is C5H9N3V. The number of aryl methyl sites for hydroxylation is 2. The third-order valence-corrected chi connectivity index (χ3v) is 1.11. The molecule has 0 aromatic carbocycles. The number of nitrogens with zero attached hydrogens (tertiary/aromatic N) is 3. The molecule has 1 heterocycles. The van der Waals surface area contributed by atoms with E-state index in [4.69, 9.17) is 0 Å². The Balaban J connectivity index is 0.000000640. The van der Waals surface area contributed by atoms with E-state index >= 15 is 0 Å². The molecule has 1 rings (SSSR count). The van der Waals surface area contributed by atoms with Gasteiger partial charge in [0.25, 0.3) is 0 Å². The molecule has 9 heavy (non-hydrogen) atoms. The van der Waals surface area contributed by atoms with Crippen LogP contribution in [0.4, 0.5) is 0 Å². The van der Waals surface area contributed by atoms with Gasteiger partial charge in [-0.15, -0.1) is 0 Å². The molecule has 1 radical (unpaired) electrons. The van der Waals surface area contributed by atoms with E-state index in [2.05, 4.69) is 10.1 Å². The van der Waals surface area contributed by atoms with Crippen LogP contribution in [0.2, 0.25) is 0 Å². The zero-order valence-electron chi connectivity index (χ0n) is 5.57. The summed E-state index contributed by atoms with van der Waals surface area (Å²) in [5.74, 6) is 0.979. The summed E-state index contributed by atoms with van der Waals surface area (Å²) in [5, 5.41) is 3.94. The molecule has 0 unspecified atom stereocenters. The normalized spacial score (nSPS) is 8.67. The first kappa shape index (κ1) is 8.72. The summed E-state index contributed by atoms with van der Waals surface area (Å²) in [4.78, 5) is 3.94. The number of rotatable bonds is 1. The van der Waals surface area contributed by atoms with E-state index < -0.39 is 0 Å². The smallest absolute Gasteiger partial charge is 0.138 e. The van der Waals surface area contributed by atoms with Crippen molar-refractivity contribution in [3.05, 3.63) is 12.2 Å². The van der Waals surface area contributed by atoms with E-state index in [0.29, 0.717) is 0 Å². The van der Waals surface area contributed by atoms with E-state index in [1.165, 1.54) is 0 Å². The van der Waals surface area contributed by atoms with Gasteiger partial charge in [-0.05, 0) is 13.8 Å². The van der Waals surface area contributed by atoms with Crippen molar-refractivity contribution in [2.75, 3.05) is 0 Å². The predicted octanol–water partition coefficient (Wildman–Crippen LogP) is 0.604. The maximum absolute atomic E-state index is 3.94. The Labute approximate surface area is 66.4 Å². The molecule has 0 amide bonds. The van der Waals surface area contributed by atoms with Crippen molar-refractivity contribution < 1.29 is 18.6 Å². The number of aromatic nitrogens is 3. The van der Waals surface area contributed by atoms with Crippen molar-refractivity contribution >= 4 is 0 Å². The van der Waals surface area contributed by atoms with Crippen LogP contribution in [-0.4, -0.2) is 14.8 Å². The standard InChI is InChI=1S/C5H9N3.V/c1-3-8-5(2)6-4-7-8;/h4H,3H2,1-2H3;. The minimum absolute atomic E-state index is 0. The van der Waals surface area contributed by atoms with Gasteiger partial charge < -0.3 is 0 Å². The Hall–Kier alpha value is -0.276. The van der Waals surface area contributed by atoms with Gasteiger partial charge in [0.05, 0.1) is 0 Å². The molecule has 1 aromatic rings. The van der Waals surface area contributed by atoms with Gasteiger partial charge >= 0.3 is 0 Å². The molecule has 0 aliphatic rings. The zero-order chi connectivity index (χ0) is 5.98. The van der Waals surface area contributed by atoms with Crippen molar-refractivity contribution in [2.24, 2.45) is 0 Å². The Bertz CT molecular complexity index is 172. The first-order valence-electron chi connectivity index (χ1n) is 2.69. The molecule has 4 heteroatoms. The molecule has 0 N–H and O–H groups in total. The van der Waals surface area contributed by atoms with Crippen molar-refractivity contribution in [2.45, 2.75) is 20.4 Å². The van der Waals surface area contributed by atoms with Gasteiger partial charge in [-0.1, -0.05) is 0 Å². The van der Waals surface area contributed by atoms with Crippen LogP contribution < -0.4 is 0 Å². The van der Waals surface area contributed by atoms with E-state index in [1.54, 1.807) is 6.33 Å². The van der Waals surface area contributed by atoms with Crippen molar-refractivity contribution in [1.29, 1.82) is 0 Å². The van der Waals surface area contributed by atoms with E-state index in [9.17, 15) is 0 Å². The Kier molecular flexibility index (Phi) is 3.58. The van der Waals surface area contributed by atoms with Crippen molar-refractivity contribution in [3.8, 4) is 0 Å². The van der Waals surface area contributed by atoms with Crippen LogP contribution in [0.5, 0.6) is 0 Å². The fourth-order valence-corrected chi connectivity index (χ4v) is 0.632. The fraction of sp³-hybridized carbons (Fsp3) is 0.600. The SMILES string of the molecule is CCn1ncnc1C.[V]. The second kappa shape index (κ2) is 3.69. The predicted molar refractivity (Wildman–Crippen MR) is 30.4 cm³/mol. The Morgan fingerprint density at radius 2 is 2.33 bits per heavy atom. The molecular weight excluding hydrogens is 153 g/mol. The molecule has 0 bridgehead atoms. The summed E-state index contributed by atoms with van der Waals surface area (Å²) >= 11 is 0. The average molecular weight is 162 g/mol. The van der Waals surface area contributed by atoms with Crippen LogP contribution in [0, 0.1) is 6.92 Å². The summed E-state index contributed by atoms with van der Waals surface area (Å²) in [6.07, 6.45) is 1.57. The van der Waals surface area contributed by atoms with Crippen LogP contribution in [0.25, 0.3) is 0 Å². The quantitative estimate of drug-likeness (QED) is 0.605. The number of hydrogen-bond donors (Lipinski definition) is 0. The summed E-state index contributed by atoms with van der Waals surface area (Å²) in [5.41, 5.74) is 0. The average Bonchev–Trinajstić information content (AvgIpc) is 2.14. The van der Waals surface area contributed by atoms with E-state index in [1.807, 2.05) is 18.5 Å². The summed E-state index contributed by atoms with van der Waals surface area (Å²) in [6, 6.07) is 0. The maximum Gasteiger partial charge on any atom is 0.138 e. The minimum Gasteiger partial charge on any atom is -0.251 e. The van der Waals surface area contributed by atoms with Crippen molar-refractivity contribution in [3.63, 3.8) is 0 Å². The minimum atomic E-state index is 0. The van der Waals surface area contributed by atoms with Gasteiger partial charge in [-0.25, -0.2) is 4.98 Å². The third-order valence-electron chi connectivity index (χ3n) is 1.11. The van der Waals surface area contributed by atoms with Crippen molar-refractivity contribution in [1.82, 2.24) is 14.8 Å². The van der Waals surface area contributed by atoms with Gasteiger partial charge in [0.1, 0.15) is 12.2 Å². The van der Waals surface area contributed by atoms with E-state index in [-0.39, 0.29) is 18.6 Å². The molecule has 3 nitrogen and oxygen atoms in total. The largest absolute Gasteiger partial charge is 0.251 e. The van der Waals surface area contributed by atoms with Gasteiger partial charge in [0.15, 0.2) is 0 Å². The summed E-state index contributed by atoms with van der Waals surface area (Å²) in [6.45, 7) is 4.89. The topological polar surface area (TPSA) is 30.7 Å². The zero-order valence-corrected chi connectivity index (χ0v) is 6.97. The molecule has 0 aliphatic carbocycles. The molecule has 49 valence electrons. The summed E-state index contributed by atoms with van der Waals surface area (Å²) in [7, 11) is 0. The molecule has 0 saturated carbocycles. The first-order chi connectivity index (χ1) is 3.84. The molecule has 0 atom stereocenters. The summed E-state index contributed by atoms with van der Waals surface area (Å²) < 4.78 is 1.85. The first-order valence-corrected chi connectivity index (χ1v) is 2.69. The number of hydrogen-bond acceptors (Lipinski definition) is 2.